The minimum atomic E-state index is 0.569. The van der Waals surface area contributed by atoms with E-state index >= 15 is 0 Å². The Morgan fingerprint density at radius 2 is 2.18 bits per heavy atom. The number of hydrogen-bond acceptors (Lipinski definition) is 4. The number of rotatable bonds is 1. The summed E-state index contributed by atoms with van der Waals surface area (Å²) in [6, 6.07) is 9.97. The molecule has 5 heteroatoms. The number of benzene rings is 1. The number of aryl methyl sites for hydroxylation is 1. The van der Waals surface area contributed by atoms with Crippen LogP contribution >= 0.6 is 12.2 Å². The van der Waals surface area contributed by atoms with Crippen molar-refractivity contribution >= 4 is 12.2 Å². The van der Waals surface area contributed by atoms with Gasteiger partial charge in [0.2, 0.25) is 5.88 Å². The standard InChI is InChI=1S/C17H13N3OS/c1-10-4-5-14-12(7-10)8-13-16(21-14)19-15(20-17(13)22)11-3-2-6-18-9-11/h2-7,9H,8H2,1H3,(H,19,20,22). The zero-order chi connectivity index (χ0) is 15.1. The number of aromatic amines is 1. The summed E-state index contributed by atoms with van der Waals surface area (Å²) in [5, 5.41) is 0. The van der Waals surface area contributed by atoms with E-state index in [9.17, 15) is 0 Å². The van der Waals surface area contributed by atoms with E-state index in [1.54, 1.807) is 12.4 Å². The van der Waals surface area contributed by atoms with Crippen molar-refractivity contribution in [1.82, 2.24) is 15.0 Å². The monoisotopic (exact) mass is 307 g/mol. The summed E-state index contributed by atoms with van der Waals surface area (Å²) in [6.07, 6.45) is 4.22. The van der Waals surface area contributed by atoms with Gasteiger partial charge in [-0.2, -0.15) is 0 Å². The fourth-order valence-electron chi connectivity index (χ4n) is 2.61. The first-order chi connectivity index (χ1) is 10.7. The molecule has 0 saturated carbocycles. The second-order valence-electron chi connectivity index (χ2n) is 5.33. The Labute approximate surface area is 132 Å². The minimum Gasteiger partial charge on any atom is -0.440 e. The summed E-state index contributed by atoms with van der Waals surface area (Å²) in [7, 11) is 0. The lowest BCUT2D eigenvalue weighted by molar-refractivity contribution is 0.439. The van der Waals surface area contributed by atoms with E-state index in [4.69, 9.17) is 17.0 Å². The maximum Gasteiger partial charge on any atom is 0.205 e. The molecular formula is C17H13N3OS. The molecule has 3 heterocycles. The van der Waals surface area contributed by atoms with Gasteiger partial charge in [-0.05, 0) is 30.7 Å². The number of nitrogens with zero attached hydrogens (tertiary/aromatic N) is 2. The number of pyridine rings is 1. The first-order valence-electron chi connectivity index (χ1n) is 7.02. The molecule has 1 aliphatic rings. The van der Waals surface area contributed by atoms with E-state index in [1.807, 2.05) is 24.3 Å². The molecule has 1 N–H and O–H groups in total. The first-order valence-corrected chi connectivity index (χ1v) is 7.42. The third-order valence-electron chi connectivity index (χ3n) is 3.71. The van der Waals surface area contributed by atoms with Crippen molar-refractivity contribution in [1.29, 1.82) is 0 Å². The number of aromatic nitrogens is 3. The topological polar surface area (TPSA) is 50.8 Å². The number of H-pyrrole nitrogens is 1. The van der Waals surface area contributed by atoms with E-state index in [1.165, 1.54) is 5.56 Å². The quantitative estimate of drug-likeness (QED) is 0.535. The van der Waals surface area contributed by atoms with Crippen LogP contribution in [0.1, 0.15) is 16.7 Å². The van der Waals surface area contributed by atoms with Gasteiger partial charge in [0.05, 0.1) is 5.56 Å². The van der Waals surface area contributed by atoms with Gasteiger partial charge in [0.25, 0.3) is 0 Å². The number of nitrogens with one attached hydrogen (secondary N) is 1. The lowest BCUT2D eigenvalue weighted by atomic mass is 10.0. The summed E-state index contributed by atoms with van der Waals surface area (Å²) >= 11 is 5.46. The molecule has 0 saturated heterocycles. The molecule has 0 fully saturated rings. The van der Waals surface area contributed by atoms with Gasteiger partial charge in [0.15, 0.2) is 0 Å². The molecule has 0 spiro atoms. The van der Waals surface area contributed by atoms with Crippen molar-refractivity contribution in [2.24, 2.45) is 0 Å². The van der Waals surface area contributed by atoms with Crippen molar-refractivity contribution in [2.75, 3.05) is 0 Å². The van der Waals surface area contributed by atoms with Crippen LogP contribution in [0.2, 0.25) is 0 Å². The molecule has 0 unspecified atom stereocenters. The predicted molar refractivity (Wildman–Crippen MR) is 86.7 cm³/mol. The maximum atomic E-state index is 5.99. The van der Waals surface area contributed by atoms with Crippen LogP contribution in [0.25, 0.3) is 11.4 Å². The Bertz CT molecular complexity index is 919. The van der Waals surface area contributed by atoms with Gasteiger partial charge in [-0.1, -0.05) is 29.9 Å². The van der Waals surface area contributed by atoms with Gasteiger partial charge in [-0.3, -0.25) is 4.98 Å². The highest BCUT2D eigenvalue weighted by atomic mass is 32.1. The van der Waals surface area contributed by atoms with Crippen LogP contribution in [-0.2, 0) is 6.42 Å². The molecule has 2 aromatic heterocycles. The van der Waals surface area contributed by atoms with Crippen LogP contribution in [0.15, 0.2) is 42.7 Å². The van der Waals surface area contributed by atoms with Gasteiger partial charge in [0, 0.05) is 24.4 Å². The van der Waals surface area contributed by atoms with E-state index in [-0.39, 0.29) is 0 Å². The second kappa shape index (κ2) is 5.03. The zero-order valence-corrected chi connectivity index (χ0v) is 12.8. The third kappa shape index (κ3) is 2.19. The average molecular weight is 307 g/mol. The largest absolute Gasteiger partial charge is 0.440 e. The molecule has 1 aromatic carbocycles. The van der Waals surface area contributed by atoms with E-state index in [0.717, 1.165) is 28.9 Å². The van der Waals surface area contributed by atoms with Crippen LogP contribution in [0.4, 0.5) is 0 Å². The Balaban J connectivity index is 1.83. The molecule has 4 rings (SSSR count). The lowest BCUT2D eigenvalue weighted by Crippen LogP contribution is -2.08. The van der Waals surface area contributed by atoms with Crippen molar-refractivity contribution in [2.45, 2.75) is 13.3 Å². The fraction of sp³-hybridized carbons (Fsp3) is 0.118. The van der Waals surface area contributed by atoms with Gasteiger partial charge in [-0.15, -0.1) is 0 Å². The van der Waals surface area contributed by atoms with Crippen LogP contribution in [0.5, 0.6) is 11.6 Å². The van der Waals surface area contributed by atoms with Crippen molar-refractivity contribution in [3.63, 3.8) is 0 Å². The Morgan fingerprint density at radius 3 is 3.00 bits per heavy atom. The fourth-order valence-corrected chi connectivity index (χ4v) is 2.86. The Morgan fingerprint density at radius 1 is 1.27 bits per heavy atom. The highest BCUT2D eigenvalue weighted by Crippen LogP contribution is 2.36. The molecular weight excluding hydrogens is 294 g/mol. The van der Waals surface area contributed by atoms with Crippen LogP contribution < -0.4 is 4.74 Å². The van der Waals surface area contributed by atoms with Crippen molar-refractivity contribution < 1.29 is 4.74 Å². The van der Waals surface area contributed by atoms with Gasteiger partial charge in [-0.25, -0.2) is 4.98 Å². The predicted octanol–water partition coefficient (Wildman–Crippen LogP) is 4.21. The summed E-state index contributed by atoms with van der Waals surface area (Å²) in [5.41, 5.74) is 4.17. The molecule has 4 nitrogen and oxygen atoms in total. The normalized spacial score (nSPS) is 12.2. The summed E-state index contributed by atoms with van der Waals surface area (Å²) in [4.78, 5) is 11.8. The molecule has 0 bridgehead atoms. The Hall–Kier alpha value is -2.53. The van der Waals surface area contributed by atoms with Crippen LogP contribution in [-0.4, -0.2) is 15.0 Å². The summed E-state index contributed by atoms with van der Waals surface area (Å²) in [6.45, 7) is 2.07. The number of hydrogen-bond donors (Lipinski definition) is 1. The van der Waals surface area contributed by atoms with E-state index < -0.39 is 0 Å². The average Bonchev–Trinajstić information content (AvgIpc) is 2.54. The molecule has 0 amide bonds. The SMILES string of the molecule is Cc1ccc2c(c1)Cc1c([nH]c(-c3cccnc3)nc1=S)O2. The van der Waals surface area contributed by atoms with E-state index in [2.05, 4.69) is 27.9 Å². The summed E-state index contributed by atoms with van der Waals surface area (Å²) in [5.74, 6) is 2.22. The Kier molecular flexibility index (Phi) is 3.01. The molecule has 0 radical (unpaired) electrons. The van der Waals surface area contributed by atoms with Gasteiger partial charge >= 0.3 is 0 Å². The van der Waals surface area contributed by atoms with Crippen molar-refractivity contribution in [3.8, 4) is 23.0 Å². The smallest absolute Gasteiger partial charge is 0.205 e. The summed E-state index contributed by atoms with van der Waals surface area (Å²) < 4.78 is 6.56. The van der Waals surface area contributed by atoms with Gasteiger partial charge < -0.3 is 9.72 Å². The zero-order valence-electron chi connectivity index (χ0n) is 12.0. The van der Waals surface area contributed by atoms with Gasteiger partial charge in [0.1, 0.15) is 16.2 Å². The molecule has 0 aliphatic carbocycles. The molecule has 108 valence electrons. The molecule has 22 heavy (non-hydrogen) atoms. The van der Waals surface area contributed by atoms with Crippen LogP contribution in [0, 0.1) is 11.6 Å². The van der Waals surface area contributed by atoms with Crippen molar-refractivity contribution in [3.05, 3.63) is 64.1 Å². The first kappa shape index (κ1) is 13.2. The maximum absolute atomic E-state index is 5.99. The second-order valence-corrected chi connectivity index (χ2v) is 5.72. The number of ether oxygens (including phenoxy) is 1. The lowest BCUT2D eigenvalue weighted by Gasteiger charge is -2.20. The highest BCUT2D eigenvalue weighted by molar-refractivity contribution is 7.71. The molecule has 0 atom stereocenters. The van der Waals surface area contributed by atoms with Crippen LogP contribution in [0.3, 0.4) is 0 Å². The molecule has 1 aliphatic heterocycles. The minimum absolute atomic E-state index is 0.569. The highest BCUT2D eigenvalue weighted by Gasteiger charge is 2.20. The number of fused-ring (bicyclic) bond motifs is 2. The molecule has 3 aromatic rings. The third-order valence-corrected chi connectivity index (χ3v) is 4.05. The van der Waals surface area contributed by atoms with E-state index in [0.29, 0.717) is 16.3 Å².